The van der Waals surface area contributed by atoms with E-state index in [1.54, 1.807) is 48.5 Å². The highest BCUT2D eigenvalue weighted by molar-refractivity contribution is 5.92. The molecule has 0 spiro atoms. The third-order valence-corrected chi connectivity index (χ3v) is 4.70. The van der Waals surface area contributed by atoms with Gasteiger partial charge in [-0.3, -0.25) is 0 Å². The van der Waals surface area contributed by atoms with Gasteiger partial charge < -0.3 is 9.47 Å². The summed E-state index contributed by atoms with van der Waals surface area (Å²) in [4.78, 5) is 24.6. The SMILES string of the molecule is CCCc1ccc(OC(=O)c2ccc(OC(=O)c3ccc(CCC)cc3)cc2)cc1. The molecule has 3 aromatic rings. The van der Waals surface area contributed by atoms with Crippen LogP contribution in [0.25, 0.3) is 0 Å². The first kappa shape index (κ1) is 21.3. The Hall–Kier alpha value is -3.40. The lowest BCUT2D eigenvalue weighted by atomic mass is 10.1. The lowest BCUT2D eigenvalue weighted by molar-refractivity contribution is 0.0730. The van der Waals surface area contributed by atoms with Crippen molar-refractivity contribution in [1.82, 2.24) is 0 Å². The standard InChI is InChI=1S/C26H26O4/c1-3-5-19-7-11-21(12-8-19)25(27)30-24-17-13-22(14-18-24)26(28)29-23-15-9-20(6-4-2)10-16-23/h7-18H,3-6H2,1-2H3. The summed E-state index contributed by atoms with van der Waals surface area (Å²) in [5.41, 5.74) is 3.28. The Morgan fingerprint density at radius 2 is 0.900 bits per heavy atom. The zero-order chi connectivity index (χ0) is 21.3. The second-order valence-electron chi connectivity index (χ2n) is 7.14. The molecule has 0 aromatic heterocycles. The summed E-state index contributed by atoms with van der Waals surface area (Å²) in [6.07, 6.45) is 4.11. The molecule has 0 N–H and O–H groups in total. The van der Waals surface area contributed by atoms with Gasteiger partial charge in [0.25, 0.3) is 0 Å². The summed E-state index contributed by atoms with van der Waals surface area (Å²) in [5.74, 6) is -0.0110. The van der Waals surface area contributed by atoms with Gasteiger partial charge in [-0.2, -0.15) is 0 Å². The predicted molar refractivity (Wildman–Crippen MR) is 117 cm³/mol. The van der Waals surface area contributed by atoms with Crippen LogP contribution in [0.2, 0.25) is 0 Å². The monoisotopic (exact) mass is 402 g/mol. The van der Waals surface area contributed by atoms with Gasteiger partial charge in [0.15, 0.2) is 0 Å². The van der Waals surface area contributed by atoms with Crippen molar-refractivity contribution in [3.05, 3.63) is 95.1 Å². The number of rotatable bonds is 8. The van der Waals surface area contributed by atoms with Gasteiger partial charge in [0.05, 0.1) is 11.1 Å². The lowest BCUT2D eigenvalue weighted by Gasteiger charge is -2.07. The van der Waals surface area contributed by atoms with Gasteiger partial charge in [0.1, 0.15) is 11.5 Å². The minimum Gasteiger partial charge on any atom is -0.423 e. The maximum absolute atomic E-state index is 12.3. The van der Waals surface area contributed by atoms with Crippen LogP contribution in [-0.2, 0) is 12.8 Å². The second kappa shape index (κ2) is 10.4. The van der Waals surface area contributed by atoms with E-state index in [1.165, 1.54) is 11.1 Å². The number of benzene rings is 3. The van der Waals surface area contributed by atoms with Crippen LogP contribution >= 0.6 is 0 Å². The minimum atomic E-state index is -0.456. The molecule has 0 aliphatic rings. The van der Waals surface area contributed by atoms with E-state index in [9.17, 15) is 9.59 Å². The third kappa shape index (κ3) is 5.80. The highest BCUT2D eigenvalue weighted by Gasteiger charge is 2.12. The van der Waals surface area contributed by atoms with Gasteiger partial charge in [0.2, 0.25) is 0 Å². The Balaban J connectivity index is 1.58. The molecule has 0 saturated carbocycles. The second-order valence-corrected chi connectivity index (χ2v) is 7.14. The van der Waals surface area contributed by atoms with Crippen LogP contribution < -0.4 is 9.47 Å². The van der Waals surface area contributed by atoms with Crippen molar-refractivity contribution >= 4 is 11.9 Å². The van der Waals surface area contributed by atoms with Crippen LogP contribution in [0.1, 0.15) is 58.5 Å². The van der Waals surface area contributed by atoms with E-state index in [2.05, 4.69) is 13.8 Å². The van der Waals surface area contributed by atoms with E-state index in [-0.39, 0.29) is 0 Å². The number of ether oxygens (including phenoxy) is 2. The van der Waals surface area contributed by atoms with Crippen LogP contribution in [0.15, 0.2) is 72.8 Å². The molecule has 0 radical (unpaired) electrons. The molecule has 0 aliphatic heterocycles. The fourth-order valence-electron chi connectivity index (χ4n) is 3.10. The summed E-state index contributed by atoms with van der Waals surface area (Å²) in [5, 5.41) is 0. The van der Waals surface area contributed by atoms with Crippen LogP contribution in [0.4, 0.5) is 0 Å². The third-order valence-electron chi connectivity index (χ3n) is 4.70. The molecule has 154 valence electrons. The van der Waals surface area contributed by atoms with Crippen LogP contribution in [0.5, 0.6) is 11.5 Å². The van der Waals surface area contributed by atoms with Gasteiger partial charge in [0, 0.05) is 0 Å². The quantitative estimate of drug-likeness (QED) is 0.341. The van der Waals surface area contributed by atoms with Crippen LogP contribution in [-0.4, -0.2) is 11.9 Å². The minimum absolute atomic E-state index is 0.373. The molecule has 3 aromatic carbocycles. The molecule has 4 nitrogen and oxygen atoms in total. The van der Waals surface area contributed by atoms with Crippen molar-refractivity contribution in [1.29, 1.82) is 0 Å². The zero-order valence-electron chi connectivity index (χ0n) is 17.4. The fourth-order valence-corrected chi connectivity index (χ4v) is 3.10. The number of aryl methyl sites for hydroxylation is 2. The maximum atomic E-state index is 12.3. The first-order chi connectivity index (χ1) is 14.6. The average Bonchev–Trinajstić information content (AvgIpc) is 2.76. The summed E-state index contributed by atoms with van der Waals surface area (Å²) < 4.78 is 10.8. The molecule has 0 unspecified atom stereocenters. The number of hydrogen-bond donors (Lipinski definition) is 0. The molecular formula is C26H26O4. The first-order valence-electron chi connectivity index (χ1n) is 10.3. The molecule has 30 heavy (non-hydrogen) atoms. The molecule has 0 saturated heterocycles. The Kier molecular flexibility index (Phi) is 7.39. The molecule has 0 amide bonds. The summed E-state index contributed by atoms with van der Waals surface area (Å²) in [6, 6.07) is 21.3. The Morgan fingerprint density at radius 3 is 1.30 bits per heavy atom. The van der Waals surface area contributed by atoms with Crippen molar-refractivity contribution < 1.29 is 19.1 Å². The van der Waals surface area contributed by atoms with Crippen LogP contribution in [0.3, 0.4) is 0 Å². The van der Waals surface area contributed by atoms with Gasteiger partial charge in [-0.05, 0) is 72.5 Å². The van der Waals surface area contributed by atoms with Crippen molar-refractivity contribution in [2.24, 2.45) is 0 Å². The molecule has 3 rings (SSSR count). The molecule has 0 fully saturated rings. The van der Waals surface area contributed by atoms with E-state index in [1.807, 2.05) is 24.3 Å². The number of carbonyl (C=O) groups excluding carboxylic acids is 2. The highest BCUT2D eigenvalue weighted by atomic mass is 16.5. The average molecular weight is 402 g/mol. The van der Waals surface area contributed by atoms with Crippen molar-refractivity contribution in [3.63, 3.8) is 0 Å². The topological polar surface area (TPSA) is 52.6 Å². The van der Waals surface area contributed by atoms with E-state index < -0.39 is 11.9 Å². The van der Waals surface area contributed by atoms with Gasteiger partial charge in [-0.15, -0.1) is 0 Å². The van der Waals surface area contributed by atoms with Crippen molar-refractivity contribution in [2.75, 3.05) is 0 Å². The predicted octanol–water partition coefficient (Wildman–Crippen LogP) is 6.03. The highest BCUT2D eigenvalue weighted by Crippen LogP contribution is 2.18. The number of hydrogen-bond acceptors (Lipinski definition) is 4. The maximum Gasteiger partial charge on any atom is 0.343 e. The fraction of sp³-hybridized carbons (Fsp3) is 0.231. The summed E-state index contributed by atoms with van der Waals surface area (Å²) in [6.45, 7) is 4.24. The molecule has 0 bridgehead atoms. The number of esters is 2. The van der Waals surface area contributed by atoms with Crippen molar-refractivity contribution in [3.8, 4) is 11.5 Å². The van der Waals surface area contributed by atoms with Gasteiger partial charge in [-0.25, -0.2) is 9.59 Å². The van der Waals surface area contributed by atoms with E-state index in [0.29, 0.717) is 22.6 Å². The van der Waals surface area contributed by atoms with Crippen molar-refractivity contribution in [2.45, 2.75) is 39.5 Å². The normalized spacial score (nSPS) is 10.5. The number of carbonyl (C=O) groups is 2. The molecule has 0 aliphatic carbocycles. The summed E-state index contributed by atoms with van der Waals surface area (Å²) in [7, 11) is 0. The molecule has 0 atom stereocenters. The van der Waals surface area contributed by atoms with Gasteiger partial charge in [-0.1, -0.05) is 51.0 Å². The first-order valence-corrected chi connectivity index (χ1v) is 10.3. The summed E-state index contributed by atoms with van der Waals surface area (Å²) >= 11 is 0. The molecule has 0 heterocycles. The lowest BCUT2D eigenvalue weighted by Crippen LogP contribution is -2.10. The molecule has 4 heteroatoms. The van der Waals surface area contributed by atoms with E-state index in [0.717, 1.165) is 25.7 Å². The van der Waals surface area contributed by atoms with E-state index in [4.69, 9.17) is 9.47 Å². The smallest absolute Gasteiger partial charge is 0.343 e. The van der Waals surface area contributed by atoms with E-state index >= 15 is 0 Å². The Bertz CT molecular complexity index is 971. The van der Waals surface area contributed by atoms with Crippen LogP contribution in [0, 0.1) is 0 Å². The Morgan fingerprint density at radius 1 is 0.567 bits per heavy atom. The Labute approximate surface area is 177 Å². The molecular weight excluding hydrogens is 376 g/mol. The van der Waals surface area contributed by atoms with Gasteiger partial charge >= 0.3 is 11.9 Å². The largest absolute Gasteiger partial charge is 0.423 e. The zero-order valence-corrected chi connectivity index (χ0v) is 17.4.